The topological polar surface area (TPSA) is 90.2 Å². The van der Waals surface area contributed by atoms with Gasteiger partial charge in [-0.2, -0.15) is 0 Å². The van der Waals surface area contributed by atoms with Gasteiger partial charge in [-0.25, -0.2) is 0 Å². The Kier molecular flexibility index (Phi) is 3.73. The summed E-state index contributed by atoms with van der Waals surface area (Å²) in [4.78, 5) is 0. The second-order valence-electron chi connectivity index (χ2n) is 5.12. The zero-order valence-electron chi connectivity index (χ0n) is 9.29. The van der Waals surface area contributed by atoms with E-state index < -0.39 is 30.5 Å². The molecule has 1 aliphatic rings. The summed E-state index contributed by atoms with van der Waals surface area (Å²) in [6.07, 6.45) is -5.10. The number of hydrogen-bond acceptors (Lipinski definition) is 5. The third-order valence-corrected chi connectivity index (χ3v) is 2.75. The van der Waals surface area contributed by atoms with Gasteiger partial charge in [0.05, 0.1) is 12.7 Å². The van der Waals surface area contributed by atoms with Gasteiger partial charge < -0.3 is 25.2 Å². The fourth-order valence-corrected chi connectivity index (χ4v) is 1.82. The van der Waals surface area contributed by atoms with Crippen molar-refractivity contribution in [2.75, 3.05) is 6.61 Å². The average Bonchev–Trinajstić information content (AvgIpc) is 2.13. The highest BCUT2D eigenvalue weighted by atomic mass is 16.5. The standard InChI is InChI=1S/C10H20O5/c1-10(2,3)9-8(14)7(13)6(12)5(4-11)15-9/h5-9,11-14H,4H2,1-3H3/t5?,6-,7-,8?,9+/m0/s1. The van der Waals surface area contributed by atoms with Gasteiger partial charge in [0.15, 0.2) is 0 Å². The molecule has 1 heterocycles. The summed E-state index contributed by atoms with van der Waals surface area (Å²) in [6, 6.07) is 0. The molecule has 0 aromatic rings. The SMILES string of the molecule is CC(C)(C)[C@@H]1OC(CO)[C@H](O)[C@H](O)C1O. The third-order valence-electron chi connectivity index (χ3n) is 2.75. The highest BCUT2D eigenvalue weighted by Gasteiger charge is 2.47. The number of aliphatic hydroxyl groups is 4. The molecule has 5 nitrogen and oxygen atoms in total. The number of aliphatic hydroxyl groups excluding tert-OH is 4. The lowest BCUT2D eigenvalue weighted by atomic mass is 9.80. The number of rotatable bonds is 1. The molecule has 4 N–H and O–H groups in total. The van der Waals surface area contributed by atoms with Gasteiger partial charge in [0, 0.05) is 0 Å². The van der Waals surface area contributed by atoms with E-state index in [9.17, 15) is 15.3 Å². The van der Waals surface area contributed by atoms with Gasteiger partial charge in [0.1, 0.15) is 24.4 Å². The van der Waals surface area contributed by atoms with E-state index in [0.717, 1.165) is 0 Å². The van der Waals surface area contributed by atoms with Crippen molar-refractivity contribution >= 4 is 0 Å². The Bertz CT molecular complexity index is 210. The Morgan fingerprint density at radius 3 is 1.93 bits per heavy atom. The van der Waals surface area contributed by atoms with Crippen LogP contribution in [0.15, 0.2) is 0 Å². The first-order valence-corrected chi connectivity index (χ1v) is 5.09. The van der Waals surface area contributed by atoms with Crippen LogP contribution in [0.5, 0.6) is 0 Å². The summed E-state index contributed by atoms with van der Waals surface area (Å²) >= 11 is 0. The van der Waals surface area contributed by atoms with Crippen LogP contribution in [0.1, 0.15) is 20.8 Å². The molecule has 1 rings (SSSR count). The quantitative estimate of drug-likeness (QED) is 0.449. The minimum Gasteiger partial charge on any atom is -0.394 e. The van der Waals surface area contributed by atoms with Gasteiger partial charge in [0.2, 0.25) is 0 Å². The van der Waals surface area contributed by atoms with Crippen LogP contribution in [-0.2, 0) is 4.74 Å². The van der Waals surface area contributed by atoms with Gasteiger partial charge >= 0.3 is 0 Å². The molecule has 5 atom stereocenters. The Morgan fingerprint density at radius 2 is 1.53 bits per heavy atom. The fraction of sp³-hybridized carbons (Fsp3) is 1.00. The van der Waals surface area contributed by atoms with E-state index in [1.807, 2.05) is 20.8 Å². The minimum atomic E-state index is -1.28. The van der Waals surface area contributed by atoms with Crippen molar-refractivity contribution in [1.29, 1.82) is 0 Å². The lowest BCUT2D eigenvalue weighted by Crippen LogP contribution is -2.61. The summed E-state index contributed by atoms with van der Waals surface area (Å²) < 4.78 is 5.38. The van der Waals surface area contributed by atoms with Gasteiger partial charge in [-0.05, 0) is 5.41 Å². The molecule has 0 aromatic carbocycles. The molecule has 0 spiro atoms. The van der Waals surface area contributed by atoms with Crippen molar-refractivity contribution in [2.45, 2.75) is 51.3 Å². The lowest BCUT2D eigenvalue weighted by molar-refractivity contribution is -0.250. The lowest BCUT2D eigenvalue weighted by Gasteiger charge is -2.45. The van der Waals surface area contributed by atoms with Crippen LogP contribution in [0.2, 0.25) is 0 Å². The number of ether oxygens (including phenoxy) is 1. The van der Waals surface area contributed by atoms with Crippen molar-refractivity contribution < 1.29 is 25.2 Å². The van der Waals surface area contributed by atoms with Crippen molar-refractivity contribution in [1.82, 2.24) is 0 Å². The first-order valence-electron chi connectivity index (χ1n) is 5.09. The predicted octanol–water partition coefficient (Wildman–Crippen LogP) is -1.13. The summed E-state index contributed by atoms with van der Waals surface area (Å²) in [5.74, 6) is 0. The maximum Gasteiger partial charge on any atom is 0.111 e. The van der Waals surface area contributed by atoms with Crippen LogP contribution in [0.4, 0.5) is 0 Å². The van der Waals surface area contributed by atoms with Gasteiger partial charge in [-0.3, -0.25) is 0 Å². The second-order valence-corrected chi connectivity index (χ2v) is 5.12. The Morgan fingerprint density at radius 1 is 1.00 bits per heavy atom. The van der Waals surface area contributed by atoms with Crippen LogP contribution in [0.3, 0.4) is 0 Å². The molecule has 0 radical (unpaired) electrons. The van der Waals surface area contributed by atoms with Crippen molar-refractivity contribution in [3.05, 3.63) is 0 Å². The third kappa shape index (κ3) is 2.49. The molecule has 0 aliphatic carbocycles. The van der Waals surface area contributed by atoms with E-state index in [4.69, 9.17) is 9.84 Å². The minimum absolute atomic E-state index is 0.367. The van der Waals surface area contributed by atoms with Crippen LogP contribution in [0, 0.1) is 5.41 Å². The molecule has 5 heteroatoms. The highest BCUT2D eigenvalue weighted by molar-refractivity contribution is 4.96. The maximum atomic E-state index is 9.74. The summed E-state index contributed by atoms with van der Waals surface area (Å²) in [7, 11) is 0. The van der Waals surface area contributed by atoms with Crippen LogP contribution in [0.25, 0.3) is 0 Å². The molecule has 0 amide bonds. The van der Waals surface area contributed by atoms with Crippen molar-refractivity contribution in [3.8, 4) is 0 Å². The van der Waals surface area contributed by atoms with E-state index in [0.29, 0.717) is 0 Å². The smallest absolute Gasteiger partial charge is 0.111 e. The first kappa shape index (κ1) is 12.9. The average molecular weight is 220 g/mol. The van der Waals surface area contributed by atoms with E-state index in [1.54, 1.807) is 0 Å². The van der Waals surface area contributed by atoms with Crippen LogP contribution in [-0.4, -0.2) is 57.6 Å². The highest BCUT2D eigenvalue weighted by Crippen LogP contribution is 2.32. The molecule has 0 aromatic heterocycles. The molecule has 90 valence electrons. The van der Waals surface area contributed by atoms with Crippen molar-refractivity contribution in [3.63, 3.8) is 0 Å². The largest absolute Gasteiger partial charge is 0.394 e. The Balaban J connectivity index is 2.83. The Labute approximate surface area is 89.3 Å². The molecule has 0 saturated carbocycles. The number of hydrogen-bond donors (Lipinski definition) is 4. The summed E-state index contributed by atoms with van der Waals surface area (Å²) in [5, 5.41) is 37.8. The molecular weight excluding hydrogens is 200 g/mol. The second kappa shape index (κ2) is 4.35. The molecule has 1 saturated heterocycles. The molecular formula is C10H20O5. The van der Waals surface area contributed by atoms with Gasteiger partial charge in [-0.15, -0.1) is 0 Å². The molecule has 1 aliphatic heterocycles. The van der Waals surface area contributed by atoms with E-state index in [2.05, 4.69) is 0 Å². The van der Waals surface area contributed by atoms with Gasteiger partial charge in [0.25, 0.3) is 0 Å². The first-order chi connectivity index (χ1) is 6.79. The zero-order valence-corrected chi connectivity index (χ0v) is 9.29. The normalized spacial score (nSPS) is 43.0. The summed E-state index contributed by atoms with van der Waals surface area (Å²) in [5.41, 5.74) is -0.367. The molecule has 2 unspecified atom stereocenters. The van der Waals surface area contributed by atoms with E-state index in [-0.39, 0.29) is 12.0 Å². The van der Waals surface area contributed by atoms with Crippen LogP contribution >= 0.6 is 0 Å². The summed E-state index contributed by atoms with van der Waals surface area (Å²) in [6.45, 7) is 5.21. The molecule has 1 fully saturated rings. The molecule has 0 bridgehead atoms. The van der Waals surface area contributed by atoms with E-state index >= 15 is 0 Å². The molecule has 15 heavy (non-hydrogen) atoms. The maximum absolute atomic E-state index is 9.74. The predicted molar refractivity (Wildman–Crippen MR) is 53.2 cm³/mol. The van der Waals surface area contributed by atoms with Crippen LogP contribution < -0.4 is 0 Å². The van der Waals surface area contributed by atoms with E-state index in [1.165, 1.54) is 0 Å². The van der Waals surface area contributed by atoms with Crippen molar-refractivity contribution in [2.24, 2.45) is 5.41 Å². The fourth-order valence-electron chi connectivity index (χ4n) is 1.82. The zero-order chi connectivity index (χ0) is 11.8. The monoisotopic (exact) mass is 220 g/mol. The van der Waals surface area contributed by atoms with Gasteiger partial charge in [-0.1, -0.05) is 20.8 Å². The Hall–Kier alpha value is -0.200.